The lowest BCUT2D eigenvalue weighted by molar-refractivity contribution is -0.156. The van der Waals surface area contributed by atoms with Crippen LogP contribution in [0.15, 0.2) is 66.1 Å². The lowest BCUT2D eigenvalue weighted by Crippen LogP contribution is -2.46. The first-order chi connectivity index (χ1) is 23.8. The van der Waals surface area contributed by atoms with Gasteiger partial charge in [0.2, 0.25) is 5.95 Å². The molecule has 13 heteroatoms. The number of carbonyl (C=O) groups excluding carboxylic acids is 1. The molecule has 1 aromatic carbocycles. The number of anilines is 3. The van der Waals surface area contributed by atoms with E-state index in [0.29, 0.717) is 41.7 Å². The standard InChI is InChI=1S/C37H50N8O5/c1-7-18-44-34(47)29-26-38-35(41-33(29)45(44)31-12-10-11-30(40-31)37(5,6)48)39-27-13-15-28(16-14-27)43-22-20-42(21-23-43)19-8-9-24-49-25-17-32(46)50-36(2,3)4/h7,10-16,26,48H,1,8-9,17-25H2,2-6H3,(H,38,39,41). The van der Waals surface area contributed by atoms with Gasteiger partial charge in [-0.2, -0.15) is 4.98 Å². The Kier molecular flexibility index (Phi) is 11.7. The molecular formula is C37H50N8O5. The summed E-state index contributed by atoms with van der Waals surface area (Å²) in [5.74, 6) is 0.575. The lowest BCUT2D eigenvalue weighted by atomic mass is 10.1. The van der Waals surface area contributed by atoms with Crippen LogP contribution in [0.3, 0.4) is 0 Å². The van der Waals surface area contributed by atoms with Gasteiger partial charge in [-0.25, -0.2) is 19.3 Å². The number of hydrogen-bond donors (Lipinski definition) is 2. The van der Waals surface area contributed by atoms with Crippen LogP contribution in [0.4, 0.5) is 17.3 Å². The summed E-state index contributed by atoms with van der Waals surface area (Å²) < 4.78 is 14.1. The molecule has 5 rings (SSSR count). The molecule has 0 aliphatic carbocycles. The summed E-state index contributed by atoms with van der Waals surface area (Å²) in [6.07, 6.45) is 5.47. The molecule has 2 N–H and O–H groups in total. The second-order valence-corrected chi connectivity index (χ2v) is 14.0. The minimum atomic E-state index is -1.16. The summed E-state index contributed by atoms with van der Waals surface area (Å²) >= 11 is 0. The number of esters is 1. The zero-order valence-corrected chi connectivity index (χ0v) is 29.9. The van der Waals surface area contributed by atoms with Gasteiger partial charge in [0, 0.05) is 50.4 Å². The van der Waals surface area contributed by atoms with E-state index in [1.54, 1.807) is 42.8 Å². The van der Waals surface area contributed by atoms with Crippen molar-refractivity contribution in [1.29, 1.82) is 0 Å². The Morgan fingerprint density at radius 1 is 1.00 bits per heavy atom. The number of aromatic nitrogens is 5. The monoisotopic (exact) mass is 686 g/mol. The molecule has 1 aliphatic rings. The number of piperazine rings is 1. The van der Waals surface area contributed by atoms with Gasteiger partial charge in [-0.1, -0.05) is 12.1 Å². The normalized spacial score (nSPS) is 14.2. The molecule has 1 saturated heterocycles. The Morgan fingerprint density at radius 3 is 2.42 bits per heavy atom. The molecule has 13 nitrogen and oxygen atoms in total. The van der Waals surface area contributed by atoms with E-state index in [-0.39, 0.29) is 24.5 Å². The van der Waals surface area contributed by atoms with E-state index < -0.39 is 11.2 Å². The van der Waals surface area contributed by atoms with Crippen molar-refractivity contribution in [1.82, 2.24) is 29.2 Å². The van der Waals surface area contributed by atoms with Gasteiger partial charge in [-0.05, 0) is 90.4 Å². The third kappa shape index (κ3) is 9.55. The molecule has 4 heterocycles. The number of unbranched alkanes of at least 4 members (excludes halogenated alkanes) is 1. The van der Waals surface area contributed by atoms with Crippen molar-refractivity contribution < 1.29 is 19.4 Å². The molecule has 0 spiro atoms. The van der Waals surface area contributed by atoms with Crippen LogP contribution in [0.2, 0.25) is 0 Å². The molecule has 0 saturated carbocycles. The summed E-state index contributed by atoms with van der Waals surface area (Å²) in [5.41, 5.74) is 0.963. The van der Waals surface area contributed by atoms with E-state index in [2.05, 4.69) is 43.8 Å². The fourth-order valence-electron chi connectivity index (χ4n) is 5.79. The summed E-state index contributed by atoms with van der Waals surface area (Å²) in [7, 11) is 0. The Labute approximate surface area is 293 Å². The average molecular weight is 687 g/mol. The molecule has 268 valence electrons. The fourth-order valence-corrected chi connectivity index (χ4v) is 5.79. The maximum absolute atomic E-state index is 13.3. The number of fused-ring (bicyclic) bond motifs is 1. The molecule has 50 heavy (non-hydrogen) atoms. The third-order valence-electron chi connectivity index (χ3n) is 8.30. The van der Waals surface area contributed by atoms with E-state index in [9.17, 15) is 14.7 Å². The van der Waals surface area contributed by atoms with Crippen LogP contribution >= 0.6 is 0 Å². The number of carbonyl (C=O) groups is 1. The van der Waals surface area contributed by atoms with Gasteiger partial charge < -0.3 is 24.8 Å². The van der Waals surface area contributed by atoms with Gasteiger partial charge in [0.1, 0.15) is 16.6 Å². The van der Waals surface area contributed by atoms with E-state index in [4.69, 9.17) is 14.5 Å². The maximum Gasteiger partial charge on any atom is 0.308 e. The highest BCUT2D eigenvalue weighted by Crippen LogP contribution is 2.24. The number of rotatable bonds is 15. The van der Waals surface area contributed by atoms with Crippen molar-refractivity contribution in [3.63, 3.8) is 0 Å². The number of ether oxygens (including phenoxy) is 2. The average Bonchev–Trinajstić information content (AvgIpc) is 3.34. The zero-order chi connectivity index (χ0) is 35.9. The van der Waals surface area contributed by atoms with E-state index in [0.717, 1.165) is 56.9 Å². The van der Waals surface area contributed by atoms with Crippen LogP contribution < -0.4 is 15.8 Å². The predicted octanol–water partition coefficient (Wildman–Crippen LogP) is 4.78. The van der Waals surface area contributed by atoms with Gasteiger partial charge in [0.25, 0.3) is 5.56 Å². The van der Waals surface area contributed by atoms with Gasteiger partial charge in [0.05, 0.1) is 25.3 Å². The molecule has 1 aliphatic heterocycles. The lowest BCUT2D eigenvalue weighted by Gasteiger charge is -2.36. The highest BCUT2D eigenvalue weighted by atomic mass is 16.6. The van der Waals surface area contributed by atoms with Crippen LogP contribution in [-0.4, -0.2) is 91.8 Å². The van der Waals surface area contributed by atoms with Gasteiger partial charge in [-0.15, -0.1) is 6.58 Å². The highest BCUT2D eigenvalue weighted by molar-refractivity contribution is 5.77. The van der Waals surface area contributed by atoms with Crippen LogP contribution in [-0.2, 0) is 26.4 Å². The first-order valence-corrected chi connectivity index (χ1v) is 17.3. The van der Waals surface area contributed by atoms with Crippen LogP contribution in [0.5, 0.6) is 0 Å². The number of pyridine rings is 1. The minimum absolute atomic E-state index is 0.221. The minimum Gasteiger partial charge on any atom is -0.460 e. The smallest absolute Gasteiger partial charge is 0.308 e. The first kappa shape index (κ1) is 36.7. The van der Waals surface area contributed by atoms with Crippen molar-refractivity contribution in [2.75, 3.05) is 56.2 Å². The van der Waals surface area contributed by atoms with Crippen molar-refractivity contribution >= 4 is 34.3 Å². The van der Waals surface area contributed by atoms with Gasteiger partial charge in [-0.3, -0.25) is 14.5 Å². The maximum atomic E-state index is 13.3. The summed E-state index contributed by atoms with van der Waals surface area (Å²) in [4.78, 5) is 43.8. The Hall–Kier alpha value is -4.59. The molecule has 0 unspecified atom stereocenters. The molecule has 0 radical (unpaired) electrons. The SMILES string of the molecule is C=CCn1c(=O)c2cnc(Nc3ccc(N4CCN(CCCCOCCC(=O)OC(C)(C)C)CC4)cc3)nc2n1-c1cccc(C(C)(C)O)n1. The van der Waals surface area contributed by atoms with Crippen molar-refractivity contribution in [2.45, 2.75) is 71.6 Å². The number of benzene rings is 1. The van der Waals surface area contributed by atoms with Gasteiger partial charge >= 0.3 is 5.97 Å². The second-order valence-electron chi connectivity index (χ2n) is 14.0. The van der Waals surface area contributed by atoms with Crippen molar-refractivity contribution in [3.8, 4) is 5.82 Å². The number of allylic oxidation sites excluding steroid dienone is 1. The second kappa shape index (κ2) is 16.0. The summed E-state index contributed by atoms with van der Waals surface area (Å²) in [6.45, 7) is 18.9. The Morgan fingerprint density at radius 2 is 1.74 bits per heavy atom. The highest BCUT2D eigenvalue weighted by Gasteiger charge is 2.22. The summed E-state index contributed by atoms with van der Waals surface area (Å²) in [5, 5.41) is 14.2. The van der Waals surface area contributed by atoms with Gasteiger partial charge in [0.15, 0.2) is 11.5 Å². The first-order valence-electron chi connectivity index (χ1n) is 17.3. The molecular weight excluding hydrogens is 636 g/mol. The zero-order valence-electron chi connectivity index (χ0n) is 29.9. The van der Waals surface area contributed by atoms with Crippen LogP contribution in [0, 0.1) is 0 Å². The third-order valence-corrected chi connectivity index (χ3v) is 8.30. The number of nitrogens with zero attached hydrogens (tertiary/aromatic N) is 7. The Balaban J connectivity index is 1.14. The van der Waals surface area contributed by atoms with Crippen molar-refractivity contribution in [3.05, 3.63) is 77.4 Å². The molecule has 3 aromatic heterocycles. The predicted molar refractivity (Wildman–Crippen MR) is 195 cm³/mol. The van der Waals surface area contributed by atoms with E-state index in [1.165, 1.54) is 10.9 Å². The number of nitrogens with one attached hydrogen (secondary N) is 1. The van der Waals surface area contributed by atoms with Crippen LogP contribution in [0.1, 0.15) is 59.6 Å². The quantitative estimate of drug-likeness (QED) is 0.101. The molecule has 0 bridgehead atoms. The topological polar surface area (TPSA) is 140 Å². The molecule has 1 fully saturated rings. The molecule has 4 aromatic rings. The number of hydrogen-bond acceptors (Lipinski definition) is 11. The molecule has 0 atom stereocenters. The van der Waals surface area contributed by atoms with E-state index >= 15 is 0 Å². The van der Waals surface area contributed by atoms with E-state index in [1.807, 2.05) is 32.9 Å². The fraction of sp³-hybridized carbons (Fsp3) is 0.486. The summed E-state index contributed by atoms with van der Waals surface area (Å²) in [6, 6.07) is 13.5. The van der Waals surface area contributed by atoms with Crippen LogP contribution in [0.25, 0.3) is 16.9 Å². The van der Waals surface area contributed by atoms with Crippen molar-refractivity contribution in [2.24, 2.45) is 0 Å². The molecule has 0 amide bonds. The largest absolute Gasteiger partial charge is 0.460 e. The Bertz CT molecular complexity index is 1810. The number of aliphatic hydroxyl groups is 1.